The van der Waals surface area contributed by atoms with E-state index in [9.17, 15) is 19.0 Å². The van der Waals surface area contributed by atoms with Gasteiger partial charge in [0.25, 0.3) is 13.7 Å². The van der Waals surface area contributed by atoms with Gasteiger partial charge in [-0.3, -0.25) is 14.3 Å². The molecule has 2 rings (SSSR count). The number of hydrogen-bond donors (Lipinski definition) is 2. The Morgan fingerprint density at radius 2 is 2.15 bits per heavy atom. The molecule has 11 heteroatoms. The third-order valence-corrected chi connectivity index (χ3v) is 4.45. The average Bonchev–Trinajstić information content (AvgIpc) is 2.95. The van der Waals surface area contributed by atoms with Gasteiger partial charge in [-0.15, -0.1) is 0 Å². The maximum atomic E-state index is 12.5. The minimum Gasteiger partial charge on any atom is -0.756 e. The third-order valence-electron chi connectivity index (χ3n) is 3.98. The second kappa shape index (κ2) is 7.93. The van der Waals surface area contributed by atoms with Crippen molar-refractivity contribution in [1.82, 2.24) is 4.90 Å². The summed E-state index contributed by atoms with van der Waals surface area (Å²) in [5.74, 6) is -0.584. The lowest BCUT2D eigenvalue weighted by atomic mass is 10.1. The van der Waals surface area contributed by atoms with E-state index in [0.717, 1.165) is 0 Å². The zero-order valence-electron chi connectivity index (χ0n) is 15.4. The molecule has 1 aromatic heterocycles. The van der Waals surface area contributed by atoms with Crippen LogP contribution in [0, 0.1) is 0 Å². The molecule has 0 aromatic carbocycles. The third kappa shape index (κ3) is 6.28. The molecule has 1 saturated heterocycles. The van der Waals surface area contributed by atoms with Gasteiger partial charge in [0.1, 0.15) is 11.2 Å². The topological polar surface area (TPSA) is 146 Å². The van der Waals surface area contributed by atoms with E-state index in [1.807, 2.05) is 0 Å². The van der Waals surface area contributed by atoms with Crippen molar-refractivity contribution < 1.29 is 37.8 Å². The van der Waals surface area contributed by atoms with Gasteiger partial charge in [0.05, 0.1) is 19.2 Å². The molecule has 1 aromatic rings. The van der Waals surface area contributed by atoms with Crippen LogP contribution < -0.4 is 15.2 Å². The van der Waals surface area contributed by atoms with Crippen molar-refractivity contribution in [3.63, 3.8) is 0 Å². The highest BCUT2D eigenvalue weighted by atomic mass is 31.2. The van der Waals surface area contributed by atoms with E-state index in [4.69, 9.17) is 15.4 Å². The number of rotatable bonds is 5. The van der Waals surface area contributed by atoms with Crippen molar-refractivity contribution in [2.75, 3.05) is 13.2 Å². The van der Waals surface area contributed by atoms with Crippen LogP contribution in [0.15, 0.2) is 24.5 Å². The normalized spacial score (nSPS) is 22.3. The van der Waals surface area contributed by atoms with Crippen molar-refractivity contribution >= 4 is 19.8 Å². The molecule has 3 N–H and O–H groups in total. The second-order valence-electron chi connectivity index (χ2n) is 7.34. The number of hydrogen-bond acceptors (Lipinski definition) is 6. The fourth-order valence-corrected chi connectivity index (χ4v) is 3.22. The first-order valence-electron chi connectivity index (χ1n) is 8.34. The standard InChI is InChI=1S/C16H24N3O7P/c1-16(2,3)26-15(21)19-9-12(7-13(19)10-25-27(22,23)24)18-6-4-5-11(8-18)14(17)20/h4-6,8,12-13H,7,9-10H2,1-3H3,(H3-,17,20,22,23,24)/t12?,13-/m0/s1. The highest BCUT2D eigenvalue weighted by molar-refractivity contribution is 7.44. The number of likely N-dealkylation sites (tertiary alicyclic amines) is 1. The second-order valence-corrected chi connectivity index (χ2v) is 8.54. The minimum absolute atomic E-state index is 0.213. The summed E-state index contributed by atoms with van der Waals surface area (Å²) in [4.78, 5) is 45.0. The Morgan fingerprint density at radius 3 is 2.70 bits per heavy atom. The highest BCUT2D eigenvalue weighted by Crippen LogP contribution is 2.34. The lowest BCUT2D eigenvalue weighted by molar-refractivity contribution is -0.719. The molecule has 10 nitrogen and oxygen atoms in total. The van der Waals surface area contributed by atoms with Gasteiger partial charge in [0, 0.05) is 12.5 Å². The zero-order chi connectivity index (χ0) is 20.4. The highest BCUT2D eigenvalue weighted by Gasteiger charge is 2.42. The van der Waals surface area contributed by atoms with Gasteiger partial charge < -0.3 is 24.8 Å². The number of nitrogens with zero attached hydrogens (tertiary/aromatic N) is 2. The van der Waals surface area contributed by atoms with Crippen molar-refractivity contribution in [2.45, 2.75) is 44.9 Å². The Balaban J connectivity index is 2.22. The van der Waals surface area contributed by atoms with Crippen LogP contribution in [0.1, 0.15) is 43.6 Å². The lowest BCUT2D eigenvalue weighted by Gasteiger charge is -2.28. The Bertz CT molecular complexity index is 759. The van der Waals surface area contributed by atoms with E-state index in [-0.39, 0.29) is 12.6 Å². The number of pyridine rings is 1. The van der Waals surface area contributed by atoms with E-state index < -0.39 is 38.1 Å². The maximum absolute atomic E-state index is 12.5. The van der Waals surface area contributed by atoms with Crippen LogP contribution in [0.2, 0.25) is 0 Å². The molecule has 2 unspecified atom stereocenters. The van der Waals surface area contributed by atoms with Crippen LogP contribution in [-0.2, 0) is 13.8 Å². The van der Waals surface area contributed by atoms with Crippen LogP contribution >= 0.6 is 7.82 Å². The summed E-state index contributed by atoms with van der Waals surface area (Å²) >= 11 is 0. The number of primary amides is 1. The van der Waals surface area contributed by atoms with E-state index in [0.29, 0.717) is 12.0 Å². The Hall–Kier alpha value is -2.00. The van der Waals surface area contributed by atoms with E-state index in [2.05, 4.69) is 4.52 Å². The summed E-state index contributed by atoms with van der Waals surface area (Å²) in [6.45, 7) is 4.96. The summed E-state index contributed by atoms with van der Waals surface area (Å²) in [6, 6.07) is 2.33. The molecule has 0 radical (unpaired) electrons. The van der Waals surface area contributed by atoms with Gasteiger partial charge in [-0.2, -0.15) is 4.57 Å². The molecule has 0 saturated carbocycles. The van der Waals surface area contributed by atoms with Gasteiger partial charge in [0.15, 0.2) is 18.4 Å². The van der Waals surface area contributed by atoms with Gasteiger partial charge in [-0.05, 0) is 26.8 Å². The number of nitrogens with two attached hydrogens (primary N) is 1. The maximum Gasteiger partial charge on any atom is 0.410 e. The van der Waals surface area contributed by atoms with Crippen molar-refractivity contribution in [1.29, 1.82) is 0 Å². The molecular weight excluding hydrogens is 377 g/mol. The predicted molar refractivity (Wildman–Crippen MR) is 91.3 cm³/mol. The SMILES string of the molecule is CC(C)(C)OC(=O)N1CC([n+]2cccc(C(N)=O)c2)C[C@H]1COP(=O)([O-])O. The molecule has 1 fully saturated rings. The minimum atomic E-state index is -4.93. The predicted octanol–water partition coefficient (Wildman–Crippen LogP) is 0.101. The molecule has 1 aliphatic rings. The first-order chi connectivity index (χ1) is 12.4. The van der Waals surface area contributed by atoms with Crippen molar-refractivity contribution in [3.8, 4) is 0 Å². The number of amides is 2. The summed E-state index contributed by atoms with van der Waals surface area (Å²) in [6.07, 6.45) is 3.00. The fourth-order valence-electron chi connectivity index (χ4n) is 2.86. The molecule has 0 aliphatic carbocycles. The number of carbonyl (C=O) groups is 2. The van der Waals surface area contributed by atoms with Crippen LogP contribution in [0.5, 0.6) is 0 Å². The number of phosphoric ester groups is 1. The quantitative estimate of drug-likeness (QED) is 0.525. The number of ether oxygens (including phenoxy) is 1. The molecule has 27 heavy (non-hydrogen) atoms. The van der Waals surface area contributed by atoms with E-state index >= 15 is 0 Å². The van der Waals surface area contributed by atoms with Crippen molar-refractivity contribution in [2.24, 2.45) is 5.73 Å². The van der Waals surface area contributed by atoms with Crippen LogP contribution in [0.25, 0.3) is 0 Å². The van der Waals surface area contributed by atoms with E-state index in [1.54, 1.807) is 49.9 Å². The molecule has 0 bridgehead atoms. The number of aromatic nitrogens is 1. The van der Waals surface area contributed by atoms with Gasteiger partial charge in [-0.1, -0.05) is 0 Å². The van der Waals surface area contributed by atoms with Crippen LogP contribution in [-0.4, -0.2) is 46.6 Å². The Kier molecular flexibility index (Phi) is 6.26. The lowest BCUT2D eigenvalue weighted by Crippen LogP contribution is -2.44. The van der Waals surface area contributed by atoms with Gasteiger partial charge in [0.2, 0.25) is 0 Å². The monoisotopic (exact) mass is 401 g/mol. The van der Waals surface area contributed by atoms with E-state index in [1.165, 1.54) is 4.90 Å². The molecule has 150 valence electrons. The fraction of sp³-hybridized carbons (Fsp3) is 0.562. The van der Waals surface area contributed by atoms with Crippen LogP contribution in [0.3, 0.4) is 0 Å². The van der Waals surface area contributed by atoms with Gasteiger partial charge >= 0.3 is 6.09 Å². The Morgan fingerprint density at radius 1 is 1.48 bits per heavy atom. The first kappa shape index (κ1) is 21.3. The molecule has 1 aliphatic heterocycles. The summed E-state index contributed by atoms with van der Waals surface area (Å²) < 4.78 is 22.5. The number of phosphoric acid groups is 1. The summed E-state index contributed by atoms with van der Waals surface area (Å²) in [5, 5.41) is 0. The average molecular weight is 401 g/mol. The first-order valence-corrected chi connectivity index (χ1v) is 9.84. The van der Waals surface area contributed by atoms with Gasteiger partial charge in [-0.25, -0.2) is 4.79 Å². The molecule has 0 spiro atoms. The Labute approximate surface area is 157 Å². The zero-order valence-corrected chi connectivity index (χ0v) is 16.3. The van der Waals surface area contributed by atoms with Crippen LogP contribution in [0.4, 0.5) is 4.79 Å². The molecule has 3 atom stereocenters. The molecule has 2 amide bonds. The largest absolute Gasteiger partial charge is 0.756 e. The molecular formula is C16H24N3O7P. The summed E-state index contributed by atoms with van der Waals surface area (Å²) in [7, 11) is -4.93. The van der Waals surface area contributed by atoms with Crippen molar-refractivity contribution in [3.05, 3.63) is 30.1 Å². The number of carbonyl (C=O) groups excluding carboxylic acids is 2. The molecule has 2 heterocycles. The summed E-state index contributed by atoms with van der Waals surface area (Å²) in [5.41, 5.74) is 4.87. The smallest absolute Gasteiger partial charge is 0.410 e.